The standard InChI is InChI=1S/C25H35N2O7P/c1-19-25(20(2)34-26-19)18-30-16-23(17-33-35(28,29)32-14-13-27(3,4)5)31-15-22-11-8-10-21-9-6-7-12-24(21)22/h6-12,23H,13-18H2,1-5H3/p+1. The van der Waals surface area contributed by atoms with Gasteiger partial charge in [0.05, 0.1) is 53.3 Å². The van der Waals surface area contributed by atoms with Crippen LogP contribution in [-0.2, 0) is 36.3 Å². The Kier molecular flexibility index (Phi) is 9.61. The average molecular weight is 508 g/mol. The molecule has 0 aliphatic carbocycles. The molecule has 0 saturated heterocycles. The van der Waals surface area contributed by atoms with Crippen molar-refractivity contribution in [2.45, 2.75) is 33.2 Å². The van der Waals surface area contributed by atoms with Crippen molar-refractivity contribution in [2.75, 3.05) is 47.5 Å². The quantitative estimate of drug-likeness (QED) is 0.253. The van der Waals surface area contributed by atoms with Crippen molar-refractivity contribution in [1.29, 1.82) is 0 Å². The summed E-state index contributed by atoms with van der Waals surface area (Å²) in [5.41, 5.74) is 2.64. The molecule has 3 aromatic rings. The Morgan fingerprint density at radius 2 is 1.77 bits per heavy atom. The van der Waals surface area contributed by atoms with Crippen LogP contribution in [0.5, 0.6) is 0 Å². The van der Waals surface area contributed by atoms with Crippen LogP contribution in [0, 0.1) is 13.8 Å². The SMILES string of the molecule is Cc1noc(C)c1COCC(COP(=O)(O)OCC[N+](C)(C)C)OCc1cccc2ccccc12. The van der Waals surface area contributed by atoms with Gasteiger partial charge < -0.3 is 23.4 Å². The number of benzene rings is 2. The van der Waals surface area contributed by atoms with Gasteiger partial charge in [-0.05, 0) is 30.2 Å². The molecule has 3 rings (SSSR count). The number of hydrogen-bond donors (Lipinski definition) is 1. The van der Waals surface area contributed by atoms with E-state index in [4.69, 9.17) is 23.0 Å². The molecule has 0 radical (unpaired) electrons. The first-order chi connectivity index (χ1) is 16.5. The number of fused-ring (bicyclic) bond motifs is 1. The molecule has 1 aromatic heterocycles. The molecule has 0 bridgehead atoms. The highest BCUT2D eigenvalue weighted by Gasteiger charge is 2.25. The van der Waals surface area contributed by atoms with Crippen LogP contribution in [0.1, 0.15) is 22.6 Å². The van der Waals surface area contributed by atoms with Crippen molar-refractivity contribution in [2.24, 2.45) is 0 Å². The van der Waals surface area contributed by atoms with E-state index < -0.39 is 13.9 Å². The van der Waals surface area contributed by atoms with Gasteiger partial charge in [-0.3, -0.25) is 9.05 Å². The van der Waals surface area contributed by atoms with Gasteiger partial charge in [0.1, 0.15) is 25.0 Å². The van der Waals surface area contributed by atoms with E-state index in [0.717, 1.165) is 27.6 Å². The van der Waals surface area contributed by atoms with Gasteiger partial charge in [-0.2, -0.15) is 0 Å². The number of aromatic nitrogens is 1. The molecule has 35 heavy (non-hydrogen) atoms. The Labute approximate surface area is 206 Å². The molecule has 1 N–H and O–H groups in total. The lowest BCUT2D eigenvalue weighted by Gasteiger charge is -2.24. The van der Waals surface area contributed by atoms with Crippen molar-refractivity contribution in [1.82, 2.24) is 5.16 Å². The van der Waals surface area contributed by atoms with E-state index in [0.29, 0.717) is 23.4 Å². The van der Waals surface area contributed by atoms with Crippen molar-refractivity contribution in [3.05, 3.63) is 65.0 Å². The molecule has 0 saturated carbocycles. The molecule has 1 heterocycles. The Bertz CT molecular complexity index is 1120. The molecule has 0 aliphatic rings. The minimum Gasteiger partial charge on any atom is -0.374 e. The Morgan fingerprint density at radius 3 is 2.49 bits per heavy atom. The highest BCUT2D eigenvalue weighted by Crippen LogP contribution is 2.43. The number of phosphoric ester groups is 1. The third-order valence-electron chi connectivity index (χ3n) is 5.53. The Hall–Kier alpha value is -2.10. The second-order valence-electron chi connectivity index (χ2n) is 9.50. The number of quaternary nitrogens is 1. The lowest BCUT2D eigenvalue weighted by molar-refractivity contribution is -0.870. The number of hydrogen-bond acceptors (Lipinski definition) is 7. The van der Waals surface area contributed by atoms with Crippen molar-refractivity contribution >= 4 is 18.6 Å². The molecule has 0 aliphatic heterocycles. The topological polar surface area (TPSA) is 100 Å². The zero-order valence-corrected chi connectivity index (χ0v) is 22.0. The third-order valence-corrected chi connectivity index (χ3v) is 6.51. The van der Waals surface area contributed by atoms with Crippen LogP contribution in [0.25, 0.3) is 10.8 Å². The zero-order valence-electron chi connectivity index (χ0n) is 21.1. The molecular formula is C25H36N2O7P+. The van der Waals surface area contributed by atoms with Crippen LogP contribution in [0.2, 0.25) is 0 Å². The first kappa shape index (κ1) is 27.5. The number of phosphoric acid groups is 1. The third kappa shape index (κ3) is 8.81. The lowest BCUT2D eigenvalue weighted by Crippen LogP contribution is -2.37. The maximum absolute atomic E-state index is 12.4. The molecular weight excluding hydrogens is 471 g/mol. The minimum absolute atomic E-state index is 0.0986. The number of rotatable bonds is 14. The maximum atomic E-state index is 12.4. The van der Waals surface area contributed by atoms with Crippen LogP contribution >= 0.6 is 7.82 Å². The van der Waals surface area contributed by atoms with Crippen LogP contribution < -0.4 is 0 Å². The van der Waals surface area contributed by atoms with Gasteiger partial charge in [0, 0.05) is 5.56 Å². The van der Waals surface area contributed by atoms with E-state index in [1.165, 1.54) is 0 Å². The number of nitrogens with zero attached hydrogens (tertiary/aromatic N) is 2. The number of ether oxygens (including phenoxy) is 2. The van der Waals surface area contributed by atoms with Gasteiger partial charge in [0.2, 0.25) is 0 Å². The summed E-state index contributed by atoms with van der Waals surface area (Å²) in [5, 5.41) is 6.13. The normalized spacial score (nSPS) is 14.8. The van der Waals surface area contributed by atoms with Gasteiger partial charge in [-0.25, -0.2) is 4.57 Å². The summed E-state index contributed by atoms with van der Waals surface area (Å²) in [7, 11) is 1.68. The van der Waals surface area contributed by atoms with E-state index in [2.05, 4.69) is 5.16 Å². The van der Waals surface area contributed by atoms with E-state index in [1.54, 1.807) is 0 Å². The highest BCUT2D eigenvalue weighted by atomic mass is 31.2. The van der Waals surface area contributed by atoms with Gasteiger partial charge >= 0.3 is 7.82 Å². The number of aryl methyl sites for hydroxylation is 2. The molecule has 2 atom stereocenters. The van der Waals surface area contributed by atoms with Gasteiger partial charge in [-0.1, -0.05) is 47.6 Å². The minimum atomic E-state index is -4.23. The summed E-state index contributed by atoms with van der Waals surface area (Å²) >= 11 is 0. The zero-order chi connectivity index (χ0) is 25.5. The first-order valence-corrected chi connectivity index (χ1v) is 13.0. The molecule has 2 aromatic carbocycles. The fraction of sp³-hybridized carbons (Fsp3) is 0.480. The number of likely N-dealkylation sites (N-methyl/N-ethyl adjacent to an activating group) is 1. The average Bonchev–Trinajstić information content (AvgIpc) is 3.11. The van der Waals surface area contributed by atoms with Crippen LogP contribution in [0.3, 0.4) is 0 Å². The predicted molar refractivity (Wildman–Crippen MR) is 133 cm³/mol. The van der Waals surface area contributed by atoms with Gasteiger partial charge in [0.25, 0.3) is 0 Å². The smallest absolute Gasteiger partial charge is 0.374 e. The molecule has 0 fully saturated rings. The summed E-state index contributed by atoms with van der Waals surface area (Å²) in [6, 6.07) is 14.1. The van der Waals surface area contributed by atoms with E-state index in [9.17, 15) is 9.46 Å². The molecule has 192 valence electrons. The molecule has 2 unspecified atom stereocenters. The molecule has 0 amide bonds. The van der Waals surface area contributed by atoms with Crippen LogP contribution in [0.15, 0.2) is 47.0 Å². The Morgan fingerprint density at radius 1 is 1.03 bits per heavy atom. The summed E-state index contributed by atoms with van der Waals surface area (Å²) in [5.74, 6) is 0.692. The first-order valence-electron chi connectivity index (χ1n) is 11.5. The van der Waals surface area contributed by atoms with E-state index in [1.807, 2.05) is 77.5 Å². The predicted octanol–water partition coefficient (Wildman–Crippen LogP) is 4.39. The van der Waals surface area contributed by atoms with E-state index in [-0.39, 0.29) is 26.4 Å². The van der Waals surface area contributed by atoms with Gasteiger partial charge in [0.15, 0.2) is 0 Å². The molecule has 10 heteroatoms. The van der Waals surface area contributed by atoms with Crippen molar-refractivity contribution in [3.8, 4) is 0 Å². The highest BCUT2D eigenvalue weighted by molar-refractivity contribution is 7.47. The monoisotopic (exact) mass is 507 g/mol. The van der Waals surface area contributed by atoms with Gasteiger partial charge in [-0.15, -0.1) is 0 Å². The summed E-state index contributed by atoms with van der Waals surface area (Å²) in [4.78, 5) is 10.1. The van der Waals surface area contributed by atoms with E-state index >= 15 is 0 Å². The Balaban J connectivity index is 1.62. The fourth-order valence-corrected chi connectivity index (χ4v) is 4.16. The second-order valence-corrected chi connectivity index (χ2v) is 11.0. The fourth-order valence-electron chi connectivity index (χ4n) is 3.42. The summed E-state index contributed by atoms with van der Waals surface area (Å²) < 4.78 is 40.5. The largest absolute Gasteiger partial charge is 0.472 e. The maximum Gasteiger partial charge on any atom is 0.472 e. The lowest BCUT2D eigenvalue weighted by atomic mass is 10.1. The summed E-state index contributed by atoms with van der Waals surface area (Å²) in [6.07, 6.45) is -0.600. The summed E-state index contributed by atoms with van der Waals surface area (Å²) in [6.45, 7) is 4.90. The van der Waals surface area contributed by atoms with Crippen LogP contribution in [0.4, 0.5) is 0 Å². The van der Waals surface area contributed by atoms with Crippen molar-refractivity contribution in [3.63, 3.8) is 0 Å². The van der Waals surface area contributed by atoms with Crippen molar-refractivity contribution < 1.29 is 37.0 Å². The second kappa shape index (κ2) is 12.2. The van der Waals surface area contributed by atoms with Crippen LogP contribution in [-0.4, -0.2) is 68.1 Å². The molecule has 0 spiro atoms. The molecule has 9 nitrogen and oxygen atoms in total.